The van der Waals surface area contributed by atoms with E-state index >= 15 is 0 Å². The highest BCUT2D eigenvalue weighted by molar-refractivity contribution is 7.81. The summed E-state index contributed by atoms with van der Waals surface area (Å²) in [6.45, 7) is 5.30. The minimum Gasteiger partial charge on any atom is -0.166 e. The maximum absolute atomic E-state index is 10.5. The lowest BCUT2D eigenvalue weighted by atomic mass is 10.1. The number of hydroxylamine groups is 1. The molecule has 0 bridgehead atoms. The molecule has 0 saturated carbocycles. The van der Waals surface area contributed by atoms with Gasteiger partial charge in [-0.15, -0.1) is 8.57 Å². The standard InChI is InChI=1S/C4H10N2O4S/c1-4(2,3)6-5-9-11(7,8)10-6/h5H,1-3H3. The fourth-order valence-electron chi connectivity index (χ4n) is 0.450. The zero-order chi connectivity index (χ0) is 8.70. The van der Waals surface area contributed by atoms with Gasteiger partial charge in [-0.2, -0.15) is 8.42 Å². The zero-order valence-electron chi connectivity index (χ0n) is 6.49. The lowest BCUT2D eigenvalue weighted by Crippen LogP contribution is -2.44. The highest BCUT2D eigenvalue weighted by Crippen LogP contribution is 2.17. The average Bonchev–Trinajstić information content (AvgIpc) is 2.07. The SMILES string of the molecule is CC(C)(C)N1NOS(=O)(=O)O1. The van der Waals surface area contributed by atoms with Crippen LogP contribution in [0.15, 0.2) is 0 Å². The number of hydrazine groups is 1. The maximum Gasteiger partial charge on any atom is 0.435 e. The first kappa shape index (κ1) is 8.88. The van der Waals surface area contributed by atoms with Gasteiger partial charge in [-0.25, -0.2) is 0 Å². The Morgan fingerprint density at radius 2 is 1.91 bits per heavy atom. The van der Waals surface area contributed by atoms with Crippen LogP contribution in [0, 0.1) is 0 Å². The molecular weight excluding hydrogens is 172 g/mol. The summed E-state index contributed by atoms with van der Waals surface area (Å²) in [7, 11) is -3.86. The molecule has 0 amide bonds. The largest absolute Gasteiger partial charge is 0.435 e. The summed E-state index contributed by atoms with van der Waals surface area (Å²) in [6, 6.07) is 0. The summed E-state index contributed by atoms with van der Waals surface area (Å²) in [6.07, 6.45) is 0. The molecule has 11 heavy (non-hydrogen) atoms. The molecule has 0 aromatic heterocycles. The quantitative estimate of drug-likeness (QED) is 0.555. The first-order valence-corrected chi connectivity index (χ1v) is 4.33. The Hall–Kier alpha value is -0.210. The van der Waals surface area contributed by atoms with Crippen LogP contribution in [-0.2, 0) is 19.0 Å². The molecule has 0 atom stereocenters. The van der Waals surface area contributed by atoms with Gasteiger partial charge in [0.2, 0.25) is 0 Å². The van der Waals surface area contributed by atoms with Crippen LogP contribution in [0.1, 0.15) is 20.8 Å². The van der Waals surface area contributed by atoms with E-state index < -0.39 is 15.9 Å². The third-order valence-corrected chi connectivity index (χ3v) is 1.61. The molecule has 0 unspecified atom stereocenters. The molecule has 1 saturated heterocycles. The minimum atomic E-state index is -3.86. The lowest BCUT2D eigenvalue weighted by molar-refractivity contribution is -0.174. The molecule has 0 spiro atoms. The van der Waals surface area contributed by atoms with E-state index in [2.05, 4.69) is 14.2 Å². The Morgan fingerprint density at radius 1 is 1.36 bits per heavy atom. The van der Waals surface area contributed by atoms with Crippen LogP contribution >= 0.6 is 0 Å². The van der Waals surface area contributed by atoms with Gasteiger partial charge in [0.05, 0.1) is 5.54 Å². The van der Waals surface area contributed by atoms with Gasteiger partial charge in [0, 0.05) is 0 Å². The van der Waals surface area contributed by atoms with E-state index in [0.717, 1.165) is 5.17 Å². The van der Waals surface area contributed by atoms with Crippen LogP contribution in [0.5, 0.6) is 0 Å². The number of hydrogen-bond acceptors (Lipinski definition) is 6. The second-order valence-corrected chi connectivity index (χ2v) is 4.25. The Kier molecular flexibility index (Phi) is 1.93. The fourth-order valence-corrected chi connectivity index (χ4v) is 1.08. The van der Waals surface area contributed by atoms with Crippen LogP contribution in [0.2, 0.25) is 0 Å². The molecule has 1 heterocycles. The summed E-state index contributed by atoms with van der Waals surface area (Å²) in [5.41, 5.74) is 1.64. The number of hydrogen-bond donors (Lipinski definition) is 1. The Labute approximate surface area is 65.3 Å². The Morgan fingerprint density at radius 3 is 2.09 bits per heavy atom. The van der Waals surface area contributed by atoms with Crippen molar-refractivity contribution >= 4 is 10.4 Å². The van der Waals surface area contributed by atoms with Gasteiger partial charge in [0.25, 0.3) is 0 Å². The third-order valence-electron chi connectivity index (χ3n) is 0.997. The summed E-state index contributed by atoms with van der Waals surface area (Å²) in [5.74, 6) is 0. The van der Waals surface area contributed by atoms with E-state index in [-0.39, 0.29) is 0 Å². The molecular formula is C4H10N2O4S. The molecule has 0 aliphatic carbocycles. The van der Waals surface area contributed by atoms with Crippen LogP contribution in [0.25, 0.3) is 0 Å². The average molecular weight is 182 g/mol. The summed E-state index contributed by atoms with van der Waals surface area (Å²) in [4.78, 5) is 0. The van der Waals surface area contributed by atoms with E-state index in [1.54, 1.807) is 20.8 Å². The van der Waals surface area contributed by atoms with Gasteiger partial charge in [-0.1, -0.05) is 10.8 Å². The van der Waals surface area contributed by atoms with Crippen molar-refractivity contribution in [1.29, 1.82) is 0 Å². The molecule has 0 radical (unpaired) electrons. The molecule has 6 nitrogen and oxygen atoms in total. The fraction of sp³-hybridized carbons (Fsp3) is 1.00. The van der Waals surface area contributed by atoms with E-state index in [9.17, 15) is 8.42 Å². The molecule has 7 heteroatoms. The van der Waals surface area contributed by atoms with Crippen molar-refractivity contribution in [1.82, 2.24) is 10.8 Å². The predicted molar refractivity (Wildman–Crippen MR) is 35.8 cm³/mol. The molecule has 1 aliphatic rings. The van der Waals surface area contributed by atoms with Crippen LogP contribution in [0.3, 0.4) is 0 Å². The van der Waals surface area contributed by atoms with E-state index in [4.69, 9.17) is 0 Å². The molecule has 0 aromatic carbocycles. The van der Waals surface area contributed by atoms with Crippen molar-refractivity contribution in [2.45, 2.75) is 26.3 Å². The molecule has 1 rings (SSSR count). The smallest absolute Gasteiger partial charge is 0.166 e. The highest BCUT2D eigenvalue weighted by Gasteiger charge is 2.36. The van der Waals surface area contributed by atoms with Crippen LogP contribution in [-0.4, -0.2) is 19.1 Å². The lowest BCUT2D eigenvalue weighted by Gasteiger charge is -2.24. The summed E-state index contributed by atoms with van der Waals surface area (Å²) < 4.78 is 29.6. The van der Waals surface area contributed by atoms with Crippen LogP contribution < -0.4 is 5.59 Å². The van der Waals surface area contributed by atoms with Crippen LogP contribution in [0.4, 0.5) is 0 Å². The topological polar surface area (TPSA) is 67.9 Å². The Balaban J connectivity index is 2.70. The third kappa shape index (κ3) is 2.11. The normalized spacial score (nSPS) is 25.7. The summed E-state index contributed by atoms with van der Waals surface area (Å²) in [5, 5.41) is 1.02. The van der Waals surface area contributed by atoms with Crippen molar-refractivity contribution in [2.24, 2.45) is 0 Å². The van der Waals surface area contributed by atoms with Crippen molar-refractivity contribution in [2.75, 3.05) is 0 Å². The second kappa shape index (κ2) is 2.39. The van der Waals surface area contributed by atoms with Gasteiger partial charge in [0.15, 0.2) is 0 Å². The molecule has 1 aliphatic heterocycles. The van der Waals surface area contributed by atoms with E-state index in [1.165, 1.54) is 0 Å². The Bertz CT molecular complexity index is 241. The second-order valence-electron chi connectivity index (χ2n) is 3.12. The molecule has 0 aromatic rings. The van der Waals surface area contributed by atoms with Gasteiger partial charge in [-0.3, -0.25) is 0 Å². The van der Waals surface area contributed by atoms with Gasteiger partial charge in [-0.05, 0) is 20.8 Å². The van der Waals surface area contributed by atoms with Crippen molar-refractivity contribution in [3.8, 4) is 0 Å². The van der Waals surface area contributed by atoms with Gasteiger partial charge < -0.3 is 0 Å². The number of nitrogens with one attached hydrogen (secondary N) is 1. The molecule has 1 N–H and O–H groups in total. The first-order chi connectivity index (χ1) is 4.81. The first-order valence-electron chi connectivity index (χ1n) is 3.00. The number of rotatable bonds is 0. The van der Waals surface area contributed by atoms with Gasteiger partial charge in [0.1, 0.15) is 0 Å². The van der Waals surface area contributed by atoms with E-state index in [1.807, 2.05) is 0 Å². The van der Waals surface area contributed by atoms with Crippen molar-refractivity contribution in [3.63, 3.8) is 0 Å². The minimum absolute atomic E-state index is 0.469. The predicted octanol–water partition coefficient (Wildman–Crippen LogP) is -0.287. The van der Waals surface area contributed by atoms with Gasteiger partial charge >= 0.3 is 10.4 Å². The highest BCUT2D eigenvalue weighted by atomic mass is 32.3. The van der Waals surface area contributed by atoms with E-state index in [0.29, 0.717) is 0 Å². The zero-order valence-corrected chi connectivity index (χ0v) is 7.30. The molecule has 1 fully saturated rings. The number of nitrogens with zero attached hydrogens (tertiary/aromatic N) is 1. The summed E-state index contributed by atoms with van der Waals surface area (Å²) >= 11 is 0. The maximum atomic E-state index is 10.5. The molecule has 66 valence electrons. The monoisotopic (exact) mass is 182 g/mol. The van der Waals surface area contributed by atoms with Crippen molar-refractivity contribution < 1.29 is 17.0 Å². The van der Waals surface area contributed by atoms with Crippen molar-refractivity contribution in [3.05, 3.63) is 0 Å².